The molecule has 4 nitrogen and oxygen atoms in total. The number of piperidine rings is 1. The molecule has 1 unspecified atom stereocenters. The third-order valence-electron chi connectivity index (χ3n) is 3.58. The maximum absolute atomic E-state index is 11.7. The molecule has 2 heterocycles. The molecule has 2 fully saturated rings. The number of nitrogens with zero attached hydrogens (tertiary/aromatic N) is 1. The maximum Gasteiger partial charge on any atom is 0.410 e. The van der Waals surface area contributed by atoms with Gasteiger partial charge in [0.25, 0.3) is 0 Å². The van der Waals surface area contributed by atoms with Gasteiger partial charge in [0.15, 0.2) is 0 Å². The summed E-state index contributed by atoms with van der Waals surface area (Å²) >= 11 is 0. The molecule has 4 heteroatoms. The molecule has 0 aromatic heterocycles. The minimum Gasteiger partial charge on any atom is -0.445 e. The van der Waals surface area contributed by atoms with Crippen LogP contribution in [0.1, 0.15) is 19.3 Å². The van der Waals surface area contributed by atoms with Gasteiger partial charge in [0, 0.05) is 25.0 Å². The molecule has 0 saturated carbocycles. The third-order valence-corrected chi connectivity index (χ3v) is 3.58. The van der Waals surface area contributed by atoms with Crippen molar-refractivity contribution in [2.45, 2.75) is 19.3 Å². The predicted molar refractivity (Wildman–Crippen MR) is 62.3 cm³/mol. The van der Waals surface area contributed by atoms with Crippen LogP contribution in [0.4, 0.5) is 4.79 Å². The van der Waals surface area contributed by atoms with Crippen LogP contribution in [0.2, 0.25) is 0 Å². The highest BCUT2D eigenvalue weighted by molar-refractivity contribution is 5.67. The number of ether oxygens (including phenoxy) is 1. The van der Waals surface area contributed by atoms with Gasteiger partial charge in [-0.15, -0.1) is 0 Å². The van der Waals surface area contributed by atoms with E-state index in [4.69, 9.17) is 4.74 Å². The van der Waals surface area contributed by atoms with Gasteiger partial charge in [0.2, 0.25) is 0 Å². The Morgan fingerprint density at radius 3 is 3.12 bits per heavy atom. The molecule has 1 N–H and O–H groups in total. The van der Waals surface area contributed by atoms with Gasteiger partial charge < -0.3 is 15.0 Å². The Morgan fingerprint density at radius 1 is 1.56 bits per heavy atom. The molecule has 0 aliphatic carbocycles. The largest absolute Gasteiger partial charge is 0.445 e. The van der Waals surface area contributed by atoms with Crippen LogP contribution in [0.3, 0.4) is 0 Å². The Kier molecular flexibility index (Phi) is 3.49. The van der Waals surface area contributed by atoms with Crippen LogP contribution in [0, 0.1) is 5.41 Å². The lowest BCUT2D eigenvalue weighted by atomic mass is 9.79. The summed E-state index contributed by atoms with van der Waals surface area (Å²) in [4.78, 5) is 13.6. The molecule has 2 rings (SSSR count). The van der Waals surface area contributed by atoms with Crippen molar-refractivity contribution >= 4 is 6.09 Å². The monoisotopic (exact) mass is 224 g/mol. The van der Waals surface area contributed by atoms with E-state index in [0.717, 1.165) is 32.6 Å². The zero-order valence-electron chi connectivity index (χ0n) is 9.71. The quantitative estimate of drug-likeness (QED) is 0.721. The van der Waals surface area contributed by atoms with E-state index in [-0.39, 0.29) is 6.09 Å². The molecular formula is C12H20N2O2. The van der Waals surface area contributed by atoms with Gasteiger partial charge in [-0.1, -0.05) is 12.7 Å². The first kappa shape index (κ1) is 11.5. The standard InChI is InChI=1S/C12H20N2O2/c1-2-8-16-11(15)14-7-3-4-12(10-14)5-6-13-9-12/h2,13H,1,3-10H2. The molecule has 1 spiro atoms. The summed E-state index contributed by atoms with van der Waals surface area (Å²) in [6.45, 7) is 7.64. The fraction of sp³-hybridized carbons (Fsp3) is 0.750. The summed E-state index contributed by atoms with van der Waals surface area (Å²) in [5.41, 5.74) is 0.311. The van der Waals surface area contributed by atoms with Gasteiger partial charge in [-0.2, -0.15) is 0 Å². The van der Waals surface area contributed by atoms with Crippen LogP contribution in [0.15, 0.2) is 12.7 Å². The minimum atomic E-state index is -0.189. The first-order valence-electron chi connectivity index (χ1n) is 5.99. The highest BCUT2D eigenvalue weighted by atomic mass is 16.6. The van der Waals surface area contributed by atoms with Crippen molar-refractivity contribution in [2.75, 3.05) is 32.8 Å². The Hall–Kier alpha value is -1.03. The molecule has 2 aliphatic heterocycles. The van der Waals surface area contributed by atoms with Crippen LogP contribution < -0.4 is 5.32 Å². The minimum absolute atomic E-state index is 0.189. The van der Waals surface area contributed by atoms with Crippen molar-refractivity contribution < 1.29 is 9.53 Å². The van der Waals surface area contributed by atoms with Gasteiger partial charge in [-0.3, -0.25) is 0 Å². The topological polar surface area (TPSA) is 41.6 Å². The van der Waals surface area contributed by atoms with Gasteiger partial charge in [0.05, 0.1) is 0 Å². The fourth-order valence-electron chi connectivity index (χ4n) is 2.73. The van der Waals surface area contributed by atoms with E-state index in [0.29, 0.717) is 12.0 Å². The lowest BCUT2D eigenvalue weighted by molar-refractivity contribution is 0.0678. The smallest absolute Gasteiger partial charge is 0.410 e. The molecule has 2 saturated heterocycles. The van der Waals surface area contributed by atoms with Crippen molar-refractivity contribution in [3.05, 3.63) is 12.7 Å². The van der Waals surface area contributed by atoms with Crippen molar-refractivity contribution in [3.63, 3.8) is 0 Å². The van der Waals surface area contributed by atoms with Gasteiger partial charge >= 0.3 is 6.09 Å². The molecule has 0 bridgehead atoms. The normalized spacial score (nSPS) is 29.4. The zero-order chi connectivity index (χ0) is 11.4. The molecule has 2 aliphatic rings. The van der Waals surface area contributed by atoms with Gasteiger partial charge in [-0.05, 0) is 25.8 Å². The molecule has 0 aromatic carbocycles. The highest BCUT2D eigenvalue weighted by Gasteiger charge is 2.39. The summed E-state index contributed by atoms with van der Waals surface area (Å²) in [5.74, 6) is 0. The second-order valence-electron chi connectivity index (χ2n) is 4.82. The number of amides is 1. The van der Waals surface area contributed by atoms with Crippen molar-refractivity contribution in [2.24, 2.45) is 5.41 Å². The van der Waals surface area contributed by atoms with Gasteiger partial charge in [0.1, 0.15) is 6.61 Å². The van der Waals surface area contributed by atoms with E-state index in [2.05, 4.69) is 11.9 Å². The second kappa shape index (κ2) is 4.87. The predicted octanol–water partition coefficient (Wildman–Crippen LogP) is 1.38. The van der Waals surface area contributed by atoms with Crippen LogP contribution in [-0.4, -0.2) is 43.8 Å². The summed E-state index contributed by atoms with van der Waals surface area (Å²) in [5, 5.41) is 3.39. The molecule has 0 aromatic rings. The molecular weight excluding hydrogens is 204 g/mol. The molecule has 16 heavy (non-hydrogen) atoms. The highest BCUT2D eigenvalue weighted by Crippen LogP contribution is 2.35. The summed E-state index contributed by atoms with van der Waals surface area (Å²) in [6.07, 6.45) is 4.91. The van der Waals surface area contributed by atoms with Crippen LogP contribution in [0.5, 0.6) is 0 Å². The average molecular weight is 224 g/mol. The Balaban J connectivity index is 1.90. The first-order valence-corrected chi connectivity index (χ1v) is 5.99. The maximum atomic E-state index is 11.7. The summed E-state index contributed by atoms with van der Waals surface area (Å²) in [6, 6.07) is 0. The molecule has 1 atom stereocenters. The summed E-state index contributed by atoms with van der Waals surface area (Å²) in [7, 11) is 0. The average Bonchev–Trinajstić information content (AvgIpc) is 2.74. The van der Waals surface area contributed by atoms with E-state index >= 15 is 0 Å². The molecule has 90 valence electrons. The number of carbonyl (C=O) groups is 1. The number of hydrogen-bond donors (Lipinski definition) is 1. The van der Waals surface area contributed by atoms with Gasteiger partial charge in [-0.25, -0.2) is 4.79 Å². The van der Waals surface area contributed by atoms with Crippen molar-refractivity contribution in [1.29, 1.82) is 0 Å². The Bertz CT molecular complexity index is 272. The number of rotatable bonds is 2. The zero-order valence-corrected chi connectivity index (χ0v) is 9.71. The number of likely N-dealkylation sites (tertiary alicyclic amines) is 1. The Morgan fingerprint density at radius 2 is 2.44 bits per heavy atom. The number of nitrogens with one attached hydrogen (secondary N) is 1. The van der Waals surface area contributed by atoms with Crippen LogP contribution in [-0.2, 0) is 4.74 Å². The van der Waals surface area contributed by atoms with Crippen LogP contribution >= 0.6 is 0 Å². The molecule has 0 radical (unpaired) electrons. The van der Waals surface area contributed by atoms with Crippen molar-refractivity contribution in [3.8, 4) is 0 Å². The Labute approximate surface area is 96.6 Å². The second-order valence-corrected chi connectivity index (χ2v) is 4.82. The van der Waals surface area contributed by atoms with E-state index in [1.807, 2.05) is 4.90 Å². The SMILES string of the molecule is C=CCOC(=O)N1CCCC2(CCNC2)C1. The van der Waals surface area contributed by atoms with E-state index in [9.17, 15) is 4.79 Å². The number of carbonyl (C=O) groups excluding carboxylic acids is 1. The fourth-order valence-corrected chi connectivity index (χ4v) is 2.73. The third kappa shape index (κ3) is 2.38. The molecule has 1 amide bonds. The lowest BCUT2D eigenvalue weighted by Gasteiger charge is -2.39. The van der Waals surface area contributed by atoms with Crippen molar-refractivity contribution in [1.82, 2.24) is 10.2 Å². The number of hydrogen-bond acceptors (Lipinski definition) is 3. The van der Waals surface area contributed by atoms with E-state index in [1.165, 1.54) is 12.8 Å². The first-order chi connectivity index (χ1) is 7.76. The lowest BCUT2D eigenvalue weighted by Crippen LogP contribution is -2.47. The van der Waals surface area contributed by atoms with E-state index in [1.54, 1.807) is 6.08 Å². The van der Waals surface area contributed by atoms with E-state index < -0.39 is 0 Å². The summed E-state index contributed by atoms with van der Waals surface area (Å²) < 4.78 is 5.08. The van der Waals surface area contributed by atoms with Crippen LogP contribution in [0.25, 0.3) is 0 Å².